The summed E-state index contributed by atoms with van der Waals surface area (Å²) in [5.41, 5.74) is 1.99. The Morgan fingerprint density at radius 2 is 2.23 bits per heavy atom. The molecular formula is C11H13O2. The van der Waals surface area contributed by atoms with Crippen molar-refractivity contribution in [3.63, 3.8) is 0 Å². The van der Waals surface area contributed by atoms with Crippen LogP contribution in [-0.2, 0) is 4.79 Å². The molecule has 0 aromatic heterocycles. The number of hydrogen-bond donors (Lipinski definition) is 0. The van der Waals surface area contributed by atoms with Crippen molar-refractivity contribution in [1.82, 2.24) is 0 Å². The largest absolute Gasteiger partial charge is 0.426 e. The average molecular weight is 177 g/mol. The van der Waals surface area contributed by atoms with Crippen molar-refractivity contribution in [3.8, 4) is 5.75 Å². The van der Waals surface area contributed by atoms with Gasteiger partial charge in [-0.25, -0.2) is 0 Å². The number of carbonyl (C=O) groups is 1. The lowest BCUT2D eigenvalue weighted by molar-refractivity contribution is -0.134. The number of esters is 1. The lowest BCUT2D eigenvalue weighted by atomic mass is 10.1. The van der Waals surface area contributed by atoms with Crippen molar-refractivity contribution in [3.05, 3.63) is 29.3 Å². The van der Waals surface area contributed by atoms with Crippen molar-refractivity contribution >= 4 is 5.97 Å². The van der Waals surface area contributed by atoms with Gasteiger partial charge in [-0.1, -0.05) is 13.0 Å². The zero-order chi connectivity index (χ0) is 9.84. The van der Waals surface area contributed by atoms with E-state index >= 15 is 0 Å². The molecule has 0 spiro atoms. The molecule has 13 heavy (non-hydrogen) atoms. The summed E-state index contributed by atoms with van der Waals surface area (Å²) in [6, 6.07) is 6.56. The quantitative estimate of drug-likeness (QED) is 0.512. The summed E-state index contributed by atoms with van der Waals surface area (Å²) in [6.07, 6.45) is 0.400. The molecule has 1 rings (SSSR count). The molecule has 0 N–H and O–H groups in total. The highest BCUT2D eigenvalue weighted by Crippen LogP contribution is 2.20. The standard InChI is InChI=1S/C11H13O2/c1-4-11(12)13-10-7-5-6-8(2)9(10)3/h5,7H,4H2,1-3H3. The summed E-state index contributed by atoms with van der Waals surface area (Å²) in [5.74, 6) is 0.441. The molecule has 0 unspecified atom stereocenters. The highest BCUT2D eigenvalue weighted by Gasteiger charge is 2.05. The van der Waals surface area contributed by atoms with Crippen LogP contribution in [0.4, 0.5) is 0 Å². The summed E-state index contributed by atoms with van der Waals surface area (Å²) in [6.45, 7) is 5.64. The first-order valence-corrected chi connectivity index (χ1v) is 4.33. The third-order valence-electron chi connectivity index (χ3n) is 1.98. The highest BCUT2D eigenvalue weighted by molar-refractivity contribution is 5.72. The lowest BCUT2D eigenvalue weighted by Gasteiger charge is -2.07. The van der Waals surface area contributed by atoms with Gasteiger partial charge in [-0.3, -0.25) is 4.79 Å². The van der Waals surface area contributed by atoms with E-state index in [1.807, 2.05) is 13.8 Å². The summed E-state index contributed by atoms with van der Waals surface area (Å²) in [5, 5.41) is 0. The van der Waals surface area contributed by atoms with Gasteiger partial charge in [0.05, 0.1) is 0 Å². The van der Waals surface area contributed by atoms with Crippen LogP contribution in [0.3, 0.4) is 0 Å². The predicted octanol–water partition coefficient (Wildman–Crippen LogP) is 2.42. The first-order valence-electron chi connectivity index (χ1n) is 4.33. The fourth-order valence-electron chi connectivity index (χ4n) is 0.966. The molecule has 0 saturated heterocycles. The van der Waals surface area contributed by atoms with Gasteiger partial charge >= 0.3 is 5.97 Å². The molecule has 69 valence electrons. The Morgan fingerprint density at radius 3 is 2.85 bits per heavy atom. The third-order valence-corrected chi connectivity index (χ3v) is 1.98. The van der Waals surface area contributed by atoms with Crippen LogP contribution >= 0.6 is 0 Å². The van der Waals surface area contributed by atoms with Crippen LogP contribution < -0.4 is 4.74 Å². The fourth-order valence-corrected chi connectivity index (χ4v) is 0.966. The van der Waals surface area contributed by atoms with Crippen LogP contribution in [0.2, 0.25) is 0 Å². The maximum atomic E-state index is 11.0. The van der Waals surface area contributed by atoms with E-state index < -0.39 is 0 Å². The van der Waals surface area contributed by atoms with Gasteiger partial charge < -0.3 is 4.74 Å². The van der Waals surface area contributed by atoms with E-state index in [2.05, 4.69) is 6.07 Å². The van der Waals surface area contributed by atoms with Crippen LogP contribution in [0.5, 0.6) is 5.75 Å². The van der Waals surface area contributed by atoms with E-state index in [1.54, 1.807) is 19.1 Å². The minimum Gasteiger partial charge on any atom is -0.426 e. The zero-order valence-electron chi connectivity index (χ0n) is 8.18. The minimum absolute atomic E-state index is 0.200. The topological polar surface area (TPSA) is 26.3 Å². The number of hydrogen-bond acceptors (Lipinski definition) is 2. The minimum atomic E-state index is -0.200. The van der Waals surface area contributed by atoms with E-state index in [0.717, 1.165) is 11.1 Å². The molecule has 0 aliphatic carbocycles. The Morgan fingerprint density at radius 1 is 1.54 bits per heavy atom. The molecule has 2 nitrogen and oxygen atoms in total. The molecule has 1 aromatic rings. The van der Waals surface area contributed by atoms with E-state index in [4.69, 9.17) is 4.74 Å². The monoisotopic (exact) mass is 177 g/mol. The number of benzene rings is 1. The molecule has 0 atom stereocenters. The molecule has 0 aliphatic heterocycles. The van der Waals surface area contributed by atoms with Crippen LogP contribution in [0.25, 0.3) is 0 Å². The number of rotatable bonds is 2. The summed E-state index contributed by atoms with van der Waals surface area (Å²) < 4.78 is 5.12. The Kier molecular flexibility index (Phi) is 3.07. The maximum absolute atomic E-state index is 11.0. The second-order valence-corrected chi connectivity index (χ2v) is 2.92. The normalized spacial score (nSPS) is 9.77. The molecule has 0 bridgehead atoms. The molecule has 0 saturated carbocycles. The van der Waals surface area contributed by atoms with Gasteiger partial charge in [-0.05, 0) is 37.1 Å². The van der Waals surface area contributed by atoms with Crippen molar-refractivity contribution < 1.29 is 9.53 Å². The Balaban J connectivity index is 2.89. The van der Waals surface area contributed by atoms with Gasteiger partial charge in [0.15, 0.2) is 0 Å². The first-order chi connectivity index (χ1) is 6.15. The van der Waals surface area contributed by atoms with Crippen molar-refractivity contribution in [2.75, 3.05) is 0 Å². The molecule has 0 fully saturated rings. The second kappa shape index (κ2) is 4.08. The molecule has 1 aromatic carbocycles. The molecule has 0 aliphatic rings. The molecule has 1 radical (unpaired) electrons. The van der Waals surface area contributed by atoms with Crippen LogP contribution in [0.1, 0.15) is 24.5 Å². The van der Waals surface area contributed by atoms with Crippen molar-refractivity contribution in [2.24, 2.45) is 0 Å². The average Bonchev–Trinajstić information content (AvgIpc) is 2.13. The van der Waals surface area contributed by atoms with Gasteiger partial charge in [0.1, 0.15) is 5.75 Å². The van der Waals surface area contributed by atoms with Gasteiger partial charge in [0.25, 0.3) is 0 Å². The smallest absolute Gasteiger partial charge is 0.310 e. The van der Waals surface area contributed by atoms with Gasteiger partial charge in [0.2, 0.25) is 0 Å². The molecular weight excluding hydrogens is 164 g/mol. The third kappa shape index (κ3) is 2.31. The van der Waals surface area contributed by atoms with Gasteiger partial charge in [0, 0.05) is 6.42 Å². The van der Waals surface area contributed by atoms with E-state index in [0.29, 0.717) is 12.2 Å². The van der Waals surface area contributed by atoms with Crippen molar-refractivity contribution in [2.45, 2.75) is 27.2 Å². The molecule has 2 heteroatoms. The van der Waals surface area contributed by atoms with Crippen LogP contribution in [0.15, 0.2) is 12.1 Å². The predicted molar refractivity (Wildman–Crippen MR) is 50.7 cm³/mol. The SMILES string of the molecule is CCC(=O)Oc1cc[c]c(C)c1C. The Bertz CT molecular complexity index is 316. The zero-order valence-corrected chi connectivity index (χ0v) is 8.18. The van der Waals surface area contributed by atoms with Gasteiger partial charge in [-0.15, -0.1) is 0 Å². The Hall–Kier alpha value is -1.31. The van der Waals surface area contributed by atoms with E-state index in [-0.39, 0.29) is 5.97 Å². The second-order valence-electron chi connectivity index (χ2n) is 2.92. The van der Waals surface area contributed by atoms with E-state index in [9.17, 15) is 4.79 Å². The van der Waals surface area contributed by atoms with Gasteiger partial charge in [-0.2, -0.15) is 0 Å². The lowest BCUT2D eigenvalue weighted by Crippen LogP contribution is -2.06. The number of aryl methyl sites for hydroxylation is 1. The summed E-state index contributed by atoms with van der Waals surface area (Å²) in [4.78, 5) is 11.0. The molecule has 0 amide bonds. The first kappa shape index (κ1) is 9.78. The van der Waals surface area contributed by atoms with Crippen molar-refractivity contribution in [1.29, 1.82) is 0 Å². The molecule has 0 heterocycles. The maximum Gasteiger partial charge on any atom is 0.310 e. The number of carbonyl (C=O) groups excluding carboxylic acids is 1. The summed E-state index contributed by atoms with van der Waals surface area (Å²) >= 11 is 0. The van der Waals surface area contributed by atoms with Crippen LogP contribution in [-0.4, -0.2) is 5.97 Å². The fraction of sp³-hybridized carbons (Fsp3) is 0.364. The summed E-state index contributed by atoms with van der Waals surface area (Å²) in [7, 11) is 0. The van der Waals surface area contributed by atoms with E-state index in [1.165, 1.54) is 0 Å². The number of ether oxygens (including phenoxy) is 1. The highest BCUT2D eigenvalue weighted by atomic mass is 16.5. The van der Waals surface area contributed by atoms with Crippen LogP contribution in [0, 0.1) is 19.9 Å². The Labute approximate surface area is 78.5 Å².